The third kappa shape index (κ3) is 2.76. The molecule has 16 heavy (non-hydrogen) atoms. The highest BCUT2D eigenvalue weighted by atomic mass is 16.1. The van der Waals surface area contributed by atoms with E-state index in [2.05, 4.69) is 27.2 Å². The molecule has 1 aromatic heterocycles. The Morgan fingerprint density at radius 2 is 2.19 bits per heavy atom. The van der Waals surface area contributed by atoms with Crippen LogP contribution in [0, 0.1) is 0 Å². The van der Waals surface area contributed by atoms with Gasteiger partial charge in [0.25, 0.3) is 0 Å². The zero-order chi connectivity index (χ0) is 11.4. The monoisotopic (exact) mass is 220 g/mol. The van der Waals surface area contributed by atoms with Gasteiger partial charge in [-0.2, -0.15) is 0 Å². The second-order valence-electron chi connectivity index (χ2n) is 4.17. The normalized spacial score (nSPS) is 18.3. The first-order chi connectivity index (χ1) is 7.78. The molecule has 1 aromatic rings. The maximum absolute atomic E-state index is 10.6. The first-order valence-corrected chi connectivity index (χ1v) is 5.50. The highest BCUT2D eigenvalue weighted by molar-refractivity contribution is 5.72. The molecule has 86 valence electrons. The molecule has 0 aromatic carbocycles. The van der Waals surface area contributed by atoms with Crippen LogP contribution in [0.5, 0.6) is 0 Å². The summed E-state index contributed by atoms with van der Waals surface area (Å²) >= 11 is 0. The predicted octanol–water partition coefficient (Wildman–Crippen LogP) is 0.795. The fraction of sp³-hybridized carbons (Fsp3) is 0.545. The summed E-state index contributed by atoms with van der Waals surface area (Å²) in [4.78, 5) is 20.8. The van der Waals surface area contributed by atoms with Gasteiger partial charge in [-0.3, -0.25) is 4.79 Å². The molecule has 0 saturated carbocycles. The van der Waals surface area contributed by atoms with E-state index in [0.29, 0.717) is 11.7 Å². The molecular weight excluding hydrogens is 204 g/mol. The molecule has 0 amide bonds. The average molecular weight is 220 g/mol. The number of piperidine rings is 1. The van der Waals surface area contributed by atoms with Gasteiger partial charge >= 0.3 is 0 Å². The summed E-state index contributed by atoms with van der Waals surface area (Å²) in [5.74, 6) is 0.742. The summed E-state index contributed by atoms with van der Waals surface area (Å²) in [6, 6.07) is 2.14. The zero-order valence-electron chi connectivity index (χ0n) is 9.39. The summed E-state index contributed by atoms with van der Waals surface area (Å²) in [6.45, 7) is 2.20. The van der Waals surface area contributed by atoms with E-state index < -0.39 is 0 Å². The van der Waals surface area contributed by atoms with Crippen molar-refractivity contribution >= 4 is 12.1 Å². The molecule has 2 rings (SSSR count). The van der Waals surface area contributed by atoms with Crippen molar-refractivity contribution in [2.75, 3.05) is 25.5 Å². The number of nitrogens with one attached hydrogen (secondary N) is 1. The summed E-state index contributed by atoms with van der Waals surface area (Å²) < 4.78 is 0. The quantitative estimate of drug-likeness (QED) is 0.763. The molecule has 0 radical (unpaired) electrons. The highest BCUT2D eigenvalue weighted by Gasteiger charge is 2.16. The van der Waals surface area contributed by atoms with Crippen LogP contribution in [0.2, 0.25) is 0 Å². The average Bonchev–Trinajstić information content (AvgIpc) is 2.32. The summed E-state index contributed by atoms with van der Waals surface area (Å²) in [5, 5.41) is 3.34. The van der Waals surface area contributed by atoms with Crippen LogP contribution in [-0.4, -0.2) is 47.3 Å². The van der Waals surface area contributed by atoms with Gasteiger partial charge in [0.1, 0.15) is 17.8 Å². The van der Waals surface area contributed by atoms with Gasteiger partial charge in [0, 0.05) is 12.1 Å². The van der Waals surface area contributed by atoms with Crippen LogP contribution in [-0.2, 0) is 0 Å². The molecule has 0 aliphatic carbocycles. The number of carbonyl (C=O) groups is 1. The van der Waals surface area contributed by atoms with Gasteiger partial charge in [0.05, 0.1) is 0 Å². The van der Waals surface area contributed by atoms with Crippen molar-refractivity contribution in [3.63, 3.8) is 0 Å². The summed E-state index contributed by atoms with van der Waals surface area (Å²) in [6.07, 6.45) is 4.37. The van der Waals surface area contributed by atoms with E-state index in [9.17, 15) is 4.79 Å². The largest absolute Gasteiger partial charge is 0.367 e. The molecule has 2 heterocycles. The van der Waals surface area contributed by atoms with E-state index >= 15 is 0 Å². The Hall–Kier alpha value is -1.49. The SMILES string of the molecule is CN1CCC(Nc2cc(C=O)ncn2)CC1. The van der Waals surface area contributed by atoms with Gasteiger partial charge in [-0.1, -0.05) is 0 Å². The number of hydrogen-bond donors (Lipinski definition) is 1. The van der Waals surface area contributed by atoms with Gasteiger partial charge in [-0.15, -0.1) is 0 Å². The minimum absolute atomic E-state index is 0.422. The number of anilines is 1. The number of aromatic nitrogens is 2. The third-order valence-corrected chi connectivity index (χ3v) is 2.88. The lowest BCUT2D eigenvalue weighted by Crippen LogP contribution is -2.36. The molecular formula is C11H16N4O. The van der Waals surface area contributed by atoms with Gasteiger partial charge in [-0.05, 0) is 33.0 Å². The molecule has 5 nitrogen and oxygen atoms in total. The van der Waals surface area contributed by atoms with Gasteiger partial charge in [0.15, 0.2) is 6.29 Å². The molecule has 1 aliphatic rings. The lowest BCUT2D eigenvalue weighted by Gasteiger charge is -2.29. The minimum atomic E-state index is 0.422. The lowest BCUT2D eigenvalue weighted by atomic mass is 10.1. The molecule has 0 spiro atoms. The van der Waals surface area contributed by atoms with E-state index in [1.165, 1.54) is 6.33 Å². The topological polar surface area (TPSA) is 58.1 Å². The first kappa shape index (κ1) is 11.0. The van der Waals surface area contributed by atoms with E-state index in [0.717, 1.165) is 38.0 Å². The van der Waals surface area contributed by atoms with Crippen molar-refractivity contribution in [3.05, 3.63) is 18.1 Å². The van der Waals surface area contributed by atoms with Crippen LogP contribution in [0.1, 0.15) is 23.3 Å². The van der Waals surface area contributed by atoms with Crippen molar-refractivity contribution < 1.29 is 4.79 Å². The number of nitrogens with zero attached hydrogens (tertiary/aromatic N) is 3. The fourth-order valence-corrected chi connectivity index (χ4v) is 1.88. The smallest absolute Gasteiger partial charge is 0.168 e. The molecule has 1 fully saturated rings. The molecule has 1 saturated heterocycles. The minimum Gasteiger partial charge on any atom is -0.367 e. The number of rotatable bonds is 3. The second-order valence-corrected chi connectivity index (χ2v) is 4.17. The maximum Gasteiger partial charge on any atom is 0.168 e. The lowest BCUT2D eigenvalue weighted by molar-refractivity contribution is 0.111. The molecule has 0 atom stereocenters. The molecule has 5 heteroatoms. The van der Waals surface area contributed by atoms with Crippen molar-refractivity contribution in [2.45, 2.75) is 18.9 Å². The maximum atomic E-state index is 10.6. The van der Waals surface area contributed by atoms with Crippen molar-refractivity contribution in [1.29, 1.82) is 0 Å². The Balaban J connectivity index is 1.95. The number of hydrogen-bond acceptors (Lipinski definition) is 5. The van der Waals surface area contributed by atoms with E-state index in [1.807, 2.05) is 0 Å². The number of aldehydes is 1. The van der Waals surface area contributed by atoms with Crippen LogP contribution in [0.3, 0.4) is 0 Å². The van der Waals surface area contributed by atoms with Crippen molar-refractivity contribution in [2.24, 2.45) is 0 Å². The molecule has 0 bridgehead atoms. The van der Waals surface area contributed by atoms with Gasteiger partial charge in [0.2, 0.25) is 0 Å². The summed E-state index contributed by atoms with van der Waals surface area (Å²) in [7, 11) is 2.13. The van der Waals surface area contributed by atoms with Crippen molar-refractivity contribution in [3.8, 4) is 0 Å². The molecule has 0 unspecified atom stereocenters. The van der Waals surface area contributed by atoms with Gasteiger partial charge < -0.3 is 10.2 Å². The first-order valence-electron chi connectivity index (χ1n) is 5.50. The Kier molecular flexibility index (Phi) is 3.46. The molecule has 1 aliphatic heterocycles. The van der Waals surface area contributed by atoms with Crippen LogP contribution >= 0.6 is 0 Å². The predicted molar refractivity (Wildman–Crippen MR) is 61.6 cm³/mol. The Labute approximate surface area is 94.9 Å². The Bertz CT molecular complexity index is 361. The van der Waals surface area contributed by atoms with Gasteiger partial charge in [-0.25, -0.2) is 9.97 Å². The van der Waals surface area contributed by atoms with Crippen LogP contribution < -0.4 is 5.32 Å². The highest BCUT2D eigenvalue weighted by Crippen LogP contribution is 2.13. The number of likely N-dealkylation sites (tertiary alicyclic amines) is 1. The van der Waals surface area contributed by atoms with Crippen LogP contribution in [0.25, 0.3) is 0 Å². The Morgan fingerprint density at radius 3 is 2.88 bits per heavy atom. The van der Waals surface area contributed by atoms with Crippen LogP contribution in [0.15, 0.2) is 12.4 Å². The number of carbonyl (C=O) groups excluding carboxylic acids is 1. The molecule has 1 N–H and O–H groups in total. The fourth-order valence-electron chi connectivity index (χ4n) is 1.88. The van der Waals surface area contributed by atoms with Crippen LogP contribution in [0.4, 0.5) is 5.82 Å². The third-order valence-electron chi connectivity index (χ3n) is 2.88. The van der Waals surface area contributed by atoms with E-state index in [4.69, 9.17) is 0 Å². The zero-order valence-corrected chi connectivity index (χ0v) is 9.39. The second kappa shape index (κ2) is 5.03. The van der Waals surface area contributed by atoms with Crippen molar-refractivity contribution in [1.82, 2.24) is 14.9 Å². The summed E-state index contributed by atoms with van der Waals surface area (Å²) in [5.41, 5.74) is 0.422. The Morgan fingerprint density at radius 1 is 1.44 bits per heavy atom. The standard InChI is InChI=1S/C11H16N4O/c1-15-4-2-9(3-5-15)14-11-6-10(7-16)12-8-13-11/h6-9H,2-5H2,1H3,(H,12,13,14). The van der Waals surface area contributed by atoms with E-state index in [1.54, 1.807) is 6.07 Å². The van der Waals surface area contributed by atoms with E-state index in [-0.39, 0.29) is 0 Å².